The van der Waals surface area contributed by atoms with Crippen LogP contribution in [0, 0.1) is 0 Å². The van der Waals surface area contributed by atoms with Gasteiger partial charge in [0.05, 0.1) is 6.54 Å². The van der Waals surface area contributed by atoms with E-state index in [0.29, 0.717) is 0 Å². The number of hydrogen-bond donors (Lipinski definition) is 0. The summed E-state index contributed by atoms with van der Waals surface area (Å²) in [6.45, 7) is 10.6. The number of hydrogen-bond acceptors (Lipinski definition) is 2. The molecule has 60 valence electrons. The molecule has 0 unspecified atom stereocenters. The van der Waals surface area contributed by atoms with E-state index in [1.165, 1.54) is 0 Å². The van der Waals surface area contributed by atoms with Crippen molar-refractivity contribution in [3.8, 4) is 0 Å². The molecule has 0 aliphatic carbocycles. The number of nitrogens with zero attached hydrogens (tertiary/aromatic N) is 2. The molecular formula is C8H18N2. The summed E-state index contributed by atoms with van der Waals surface area (Å²) < 4.78 is 0. The van der Waals surface area contributed by atoms with Crippen molar-refractivity contribution in [1.29, 1.82) is 0 Å². The molecule has 0 heterocycles. The standard InChI is InChI=1S/C8H18N2/c1-4-9-7-8-10(5-2)6-3/h4H,5-8H2,1-3H3. The molecule has 0 bridgehead atoms. The van der Waals surface area contributed by atoms with Gasteiger partial charge in [0, 0.05) is 6.54 Å². The maximum absolute atomic E-state index is 4.14. The van der Waals surface area contributed by atoms with Crippen LogP contribution in [0.3, 0.4) is 0 Å². The quantitative estimate of drug-likeness (QED) is 0.530. The molecule has 0 aliphatic heterocycles. The normalized spacial score (nSPS) is 11.6. The predicted octanol–water partition coefficient (Wildman–Crippen LogP) is 1.42. The van der Waals surface area contributed by atoms with Crippen LogP contribution in [-0.2, 0) is 0 Å². The van der Waals surface area contributed by atoms with E-state index in [4.69, 9.17) is 0 Å². The fourth-order valence-corrected chi connectivity index (χ4v) is 0.868. The van der Waals surface area contributed by atoms with Gasteiger partial charge in [0.2, 0.25) is 0 Å². The monoisotopic (exact) mass is 142 g/mol. The smallest absolute Gasteiger partial charge is 0.0512 e. The van der Waals surface area contributed by atoms with E-state index in [-0.39, 0.29) is 0 Å². The zero-order valence-corrected chi connectivity index (χ0v) is 7.30. The Morgan fingerprint density at radius 1 is 1.30 bits per heavy atom. The van der Waals surface area contributed by atoms with Crippen molar-refractivity contribution in [1.82, 2.24) is 4.90 Å². The Balaban J connectivity index is 3.25. The molecule has 0 aliphatic rings. The molecule has 0 aromatic carbocycles. The summed E-state index contributed by atoms with van der Waals surface area (Å²) >= 11 is 0. The largest absolute Gasteiger partial charge is 0.302 e. The Labute approximate surface area is 63.9 Å². The Hall–Kier alpha value is -0.370. The highest BCUT2D eigenvalue weighted by molar-refractivity contribution is 5.53. The van der Waals surface area contributed by atoms with Gasteiger partial charge >= 0.3 is 0 Å². The van der Waals surface area contributed by atoms with Gasteiger partial charge < -0.3 is 4.90 Å². The summed E-state index contributed by atoms with van der Waals surface area (Å²) in [6, 6.07) is 0. The Bertz CT molecular complexity index is 85.3. The first kappa shape index (κ1) is 9.63. The van der Waals surface area contributed by atoms with Gasteiger partial charge in [-0.3, -0.25) is 4.99 Å². The van der Waals surface area contributed by atoms with Gasteiger partial charge in [-0.1, -0.05) is 13.8 Å². The second-order valence-corrected chi connectivity index (χ2v) is 2.19. The van der Waals surface area contributed by atoms with Crippen LogP contribution in [0.15, 0.2) is 4.99 Å². The Kier molecular flexibility index (Phi) is 6.50. The van der Waals surface area contributed by atoms with Crippen LogP contribution in [0.4, 0.5) is 0 Å². The molecule has 0 N–H and O–H groups in total. The lowest BCUT2D eigenvalue weighted by Gasteiger charge is -2.15. The van der Waals surface area contributed by atoms with Crippen LogP contribution < -0.4 is 0 Å². The van der Waals surface area contributed by atoms with Crippen molar-refractivity contribution in [3.05, 3.63) is 0 Å². The summed E-state index contributed by atoms with van der Waals surface area (Å²) in [5.74, 6) is 0. The zero-order valence-electron chi connectivity index (χ0n) is 7.30. The number of aliphatic imine (C=N–C) groups is 1. The molecule has 0 aromatic heterocycles. The zero-order chi connectivity index (χ0) is 7.82. The van der Waals surface area contributed by atoms with Crippen LogP contribution in [0.2, 0.25) is 0 Å². The van der Waals surface area contributed by atoms with Gasteiger partial charge in [0.25, 0.3) is 0 Å². The highest BCUT2D eigenvalue weighted by atomic mass is 15.1. The first-order chi connectivity index (χ1) is 4.85. The molecule has 0 saturated heterocycles. The van der Waals surface area contributed by atoms with Crippen molar-refractivity contribution < 1.29 is 0 Å². The molecule has 10 heavy (non-hydrogen) atoms. The van der Waals surface area contributed by atoms with Crippen LogP contribution in [0.1, 0.15) is 20.8 Å². The minimum absolute atomic E-state index is 0.943. The summed E-state index contributed by atoms with van der Waals surface area (Å²) in [7, 11) is 0. The maximum atomic E-state index is 4.14. The highest BCUT2D eigenvalue weighted by Gasteiger charge is 1.94. The first-order valence-corrected chi connectivity index (χ1v) is 4.01. The van der Waals surface area contributed by atoms with Crippen LogP contribution in [0.25, 0.3) is 0 Å². The summed E-state index contributed by atoms with van der Waals surface area (Å²) in [4.78, 5) is 6.51. The third-order valence-electron chi connectivity index (χ3n) is 1.62. The van der Waals surface area contributed by atoms with Crippen molar-refractivity contribution in [3.63, 3.8) is 0 Å². The summed E-state index contributed by atoms with van der Waals surface area (Å²) in [6.07, 6.45) is 1.86. The lowest BCUT2D eigenvalue weighted by Crippen LogP contribution is -2.25. The molecule has 0 saturated carbocycles. The molecule has 0 rings (SSSR count). The van der Waals surface area contributed by atoms with Gasteiger partial charge in [-0.25, -0.2) is 0 Å². The molecule has 0 atom stereocenters. The minimum Gasteiger partial charge on any atom is -0.302 e. The van der Waals surface area contributed by atoms with Gasteiger partial charge in [-0.2, -0.15) is 0 Å². The van der Waals surface area contributed by atoms with E-state index in [2.05, 4.69) is 23.7 Å². The first-order valence-electron chi connectivity index (χ1n) is 4.01. The molecule has 0 aromatic rings. The minimum atomic E-state index is 0.943. The molecule has 0 amide bonds. The fourth-order valence-electron chi connectivity index (χ4n) is 0.868. The van der Waals surface area contributed by atoms with E-state index >= 15 is 0 Å². The van der Waals surface area contributed by atoms with Gasteiger partial charge in [-0.05, 0) is 26.2 Å². The molecule has 0 spiro atoms. The lowest BCUT2D eigenvalue weighted by molar-refractivity contribution is 0.313. The predicted molar refractivity (Wildman–Crippen MR) is 46.8 cm³/mol. The van der Waals surface area contributed by atoms with Crippen molar-refractivity contribution >= 4 is 6.21 Å². The van der Waals surface area contributed by atoms with Crippen LogP contribution in [0.5, 0.6) is 0 Å². The van der Waals surface area contributed by atoms with Gasteiger partial charge in [-0.15, -0.1) is 0 Å². The molecule has 0 fully saturated rings. The lowest BCUT2D eigenvalue weighted by atomic mass is 10.5. The topological polar surface area (TPSA) is 15.6 Å². The third kappa shape index (κ3) is 4.50. The Morgan fingerprint density at radius 3 is 2.30 bits per heavy atom. The summed E-state index contributed by atoms with van der Waals surface area (Å²) in [5.41, 5.74) is 0. The van der Waals surface area contributed by atoms with E-state index in [1.807, 2.05) is 13.1 Å². The van der Waals surface area contributed by atoms with E-state index in [9.17, 15) is 0 Å². The van der Waals surface area contributed by atoms with Crippen molar-refractivity contribution in [2.75, 3.05) is 26.2 Å². The summed E-state index contributed by atoms with van der Waals surface area (Å²) in [5, 5.41) is 0. The number of likely N-dealkylation sites (N-methyl/N-ethyl adjacent to an activating group) is 1. The van der Waals surface area contributed by atoms with E-state index in [1.54, 1.807) is 0 Å². The van der Waals surface area contributed by atoms with Crippen molar-refractivity contribution in [2.45, 2.75) is 20.8 Å². The molecule has 0 radical (unpaired) electrons. The third-order valence-corrected chi connectivity index (χ3v) is 1.62. The fraction of sp³-hybridized carbons (Fsp3) is 0.875. The number of rotatable bonds is 5. The van der Waals surface area contributed by atoms with E-state index in [0.717, 1.165) is 26.2 Å². The van der Waals surface area contributed by atoms with Crippen LogP contribution >= 0.6 is 0 Å². The van der Waals surface area contributed by atoms with Gasteiger partial charge in [0.15, 0.2) is 0 Å². The average molecular weight is 142 g/mol. The second-order valence-electron chi connectivity index (χ2n) is 2.19. The van der Waals surface area contributed by atoms with Crippen LogP contribution in [-0.4, -0.2) is 37.3 Å². The molecule has 2 nitrogen and oxygen atoms in total. The highest BCUT2D eigenvalue weighted by Crippen LogP contribution is 1.85. The SMILES string of the molecule is CC=NCCN(CC)CC. The Morgan fingerprint density at radius 2 is 1.90 bits per heavy atom. The van der Waals surface area contributed by atoms with Crippen molar-refractivity contribution in [2.24, 2.45) is 4.99 Å². The average Bonchev–Trinajstić information content (AvgIpc) is 1.99. The van der Waals surface area contributed by atoms with E-state index < -0.39 is 0 Å². The molecule has 2 heteroatoms. The molecular weight excluding hydrogens is 124 g/mol. The van der Waals surface area contributed by atoms with Gasteiger partial charge in [0.1, 0.15) is 0 Å². The second kappa shape index (κ2) is 6.75. The maximum Gasteiger partial charge on any atom is 0.0512 e.